The van der Waals surface area contributed by atoms with Crippen LogP contribution < -0.4 is 10.2 Å². The number of nitrogens with one attached hydrogen (secondary N) is 1. The minimum absolute atomic E-state index is 0.423. The summed E-state index contributed by atoms with van der Waals surface area (Å²) in [6, 6.07) is 15.7. The Morgan fingerprint density at radius 3 is 2.77 bits per heavy atom. The Kier molecular flexibility index (Phi) is 9.21. The van der Waals surface area contributed by atoms with E-state index in [1.807, 2.05) is 24.4 Å². The van der Waals surface area contributed by atoms with Gasteiger partial charge in [-0.15, -0.1) is 0 Å². The molecule has 0 spiro atoms. The maximum Gasteiger partial charge on any atom is 0.274 e. The summed E-state index contributed by atoms with van der Waals surface area (Å²) in [5.74, 6) is 1.41. The fourth-order valence-corrected chi connectivity index (χ4v) is 4.92. The molecule has 1 aliphatic rings. The van der Waals surface area contributed by atoms with Crippen LogP contribution in [-0.2, 0) is 13.1 Å². The average molecular weight is 478 g/mol. The van der Waals surface area contributed by atoms with Crippen molar-refractivity contribution in [3.63, 3.8) is 0 Å². The van der Waals surface area contributed by atoms with Crippen LogP contribution in [0.2, 0.25) is 0 Å². The molecular formula is C29H39N3O3. The highest BCUT2D eigenvalue weighted by Gasteiger charge is 2.16. The van der Waals surface area contributed by atoms with E-state index in [9.17, 15) is 4.79 Å². The highest BCUT2D eigenvalue weighted by molar-refractivity contribution is 5.97. The third-order valence-electron chi connectivity index (χ3n) is 7.22. The van der Waals surface area contributed by atoms with Gasteiger partial charge in [-0.3, -0.25) is 10.0 Å². The quantitative estimate of drug-likeness (QED) is 0.169. The molecule has 0 unspecified atom stereocenters. The van der Waals surface area contributed by atoms with Gasteiger partial charge in [0.05, 0.1) is 6.54 Å². The minimum atomic E-state index is -0.512. The fraction of sp³-hybridized carbons (Fsp3) is 0.483. The Bertz CT molecular complexity index is 1090. The van der Waals surface area contributed by atoms with E-state index in [4.69, 9.17) is 9.94 Å². The van der Waals surface area contributed by atoms with Crippen molar-refractivity contribution in [1.29, 1.82) is 0 Å². The van der Waals surface area contributed by atoms with Crippen LogP contribution in [0, 0.1) is 5.92 Å². The largest absolute Gasteiger partial charge is 0.492 e. The minimum Gasteiger partial charge on any atom is -0.492 e. The second-order valence-corrected chi connectivity index (χ2v) is 9.96. The molecule has 3 aromatic rings. The second-order valence-electron chi connectivity index (χ2n) is 9.96. The average Bonchev–Trinajstić information content (AvgIpc) is 3.24. The molecule has 0 bridgehead atoms. The van der Waals surface area contributed by atoms with Crippen molar-refractivity contribution in [2.24, 2.45) is 5.92 Å². The van der Waals surface area contributed by atoms with Crippen LogP contribution in [0.25, 0.3) is 10.9 Å². The number of ether oxygens (including phenoxy) is 1. The van der Waals surface area contributed by atoms with Crippen molar-refractivity contribution in [3.05, 3.63) is 65.9 Å². The predicted octanol–water partition coefficient (Wildman–Crippen LogP) is 6.02. The van der Waals surface area contributed by atoms with E-state index >= 15 is 0 Å². The molecule has 0 aliphatic heterocycles. The number of carbonyl (C=O) groups is 1. The summed E-state index contributed by atoms with van der Waals surface area (Å²) in [7, 11) is 2.20. The first-order chi connectivity index (χ1) is 17.1. The third-order valence-corrected chi connectivity index (χ3v) is 7.22. The van der Waals surface area contributed by atoms with Gasteiger partial charge in [-0.05, 0) is 67.2 Å². The molecule has 0 atom stereocenters. The number of benzene rings is 2. The summed E-state index contributed by atoms with van der Waals surface area (Å²) in [4.78, 5) is 14.1. The molecule has 1 aromatic heterocycles. The van der Waals surface area contributed by atoms with Gasteiger partial charge < -0.3 is 14.2 Å². The third kappa shape index (κ3) is 7.33. The zero-order valence-corrected chi connectivity index (χ0v) is 20.9. The summed E-state index contributed by atoms with van der Waals surface area (Å²) in [6.07, 6.45) is 13.2. The molecule has 1 heterocycles. The Labute approximate surface area is 208 Å². The molecule has 6 nitrogen and oxygen atoms in total. The summed E-state index contributed by atoms with van der Waals surface area (Å²) in [5, 5.41) is 9.94. The van der Waals surface area contributed by atoms with Gasteiger partial charge in [0.15, 0.2) is 0 Å². The van der Waals surface area contributed by atoms with Gasteiger partial charge >= 0.3 is 0 Å². The lowest BCUT2D eigenvalue weighted by molar-refractivity contribution is 0.0706. The molecule has 2 aromatic carbocycles. The number of aromatic nitrogens is 1. The topological polar surface area (TPSA) is 66.7 Å². The van der Waals surface area contributed by atoms with E-state index in [1.165, 1.54) is 56.9 Å². The van der Waals surface area contributed by atoms with Crippen LogP contribution in [0.5, 0.6) is 5.75 Å². The summed E-state index contributed by atoms with van der Waals surface area (Å²) < 4.78 is 8.11. The number of fused-ring (bicyclic) bond motifs is 1. The maximum atomic E-state index is 11.7. The molecule has 1 saturated carbocycles. The van der Waals surface area contributed by atoms with Crippen LogP contribution in [0.4, 0.5) is 0 Å². The number of unbranched alkanes of at least 4 members (excludes halogenated alkanes) is 3. The van der Waals surface area contributed by atoms with Gasteiger partial charge in [0, 0.05) is 23.8 Å². The molecule has 4 rings (SSSR count). The predicted molar refractivity (Wildman–Crippen MR) is 140 cm³/mol. The molecule has 1 aliphatic carbocycles. The van der Waals surface area contributed by atoms with Crippen molar-refractivity contribution in [2.75, 3.05) is 20.2 Å². The first-order valence-corrected chi connectivity index (χ1v) is 13.1. The summed E-state index contributed by atoms with van der Waals surface area (Å²) in [6.45, 7) is 3.25. The lowest BCUT2D eigenvalue weighted by Crippen LogP contribution is -2.19. The molecule has 35 heavy (non-hydrogen) atoms. The van der Waals surface area contributed by atoms with Crippen molar-refractivity contribution < 1.29 is 14.7 Å². The van der Waals surface area contributed by atoms with E-state index in [0.29, 0.717) is 18.7 Å². The SMILES string of the molecule is CN(CCCCCCC1CCC1)Cc1cccc(OCCn2ccc3ccc(C(=O)NO)cc32)c1. The van der Waals surface area contributed by atoms with Crippen molar-refractivity contribution in [2.45, 2.75) is 64.5 Å². The maximum absolute atomic E-state index is 11.7. The first kappa shape index (κ1) is 25.3. The van der Waals surface area contributed by atoms with Gasteiger partial charge in [-0.1, -0.05) is 63.1 Å². The van der Waals surface area contributed by atoms with Gasteiger partial charge in [0.25, 0.3) is 5.91 Å². The normalized spacial score (nSPS) is 13.8. The Balaban J connectivity index is 1.19. The Morgan fingerprint density at radius 2 is 1.97 bits per heavy atom. The molecule has 0 saturated heterocycles. The highest BCUT2D eigenvalue weighted by Crippen LogP contribution is 2.31. The lowest BCUT2D eigenvalue weighted by Gasteiger charge is -2.25. The van der Waals surface area contributed by atoms with E-state index < -0.39 is 5.91 Å². The van der Waals surface area contributed by atoms with Gasteiger partial charge in [-0.2, -0.15) is 0 Å². The van der Waals surface area contributed by atoms with Crippen molar-refractivity contribution >= 4 is 16.8 Å². The van der Waals surface area contributed by atoms with E-state index in [2.05, 4.69) is 34.7 Å². The zero-order valence-electron chi connectivity index (χ0n) is 20.9. The van der Waals surface area contributed by atoms with Crippen LogP contribution in [0.1, 0.15) is 67.3 Å². The number of hydrogen-bond donors (Lipinski definition) is 2. The molecule has 1 fully saturated rings. The Hall–Kier alpha value is -2.83. The fourth-order valence-electron chi connectivity index (χ4n) is 4.92. The number of hydroxylamine groups is 1. The molecular weight excluding hydrogens is 438 g/mol. The lowest BCUT2D eigenvalue weighted by atomic mass is 9.82. The monoisotopic (exact) mass is 477 g/mol. The van der Waals surface area contributed by atoms with Crippen molar-refractivity contribution in [3.8, 4) is 5.75 Å². The Morgan fingerprint density at radius 1 is 1.11 bits per heavy atom. The van der Waals surface area contributed by atoms with Crippen LogP contribution >= 0.6 is 0 Å². The second kappa shape index (κ2) is 12.8. The number of carbonyl (C=O) groups excluding carboxylic acids is 1. The molecule has 6 heteroatoms. The summed E-state index contributed by atoms with van der Waals surface area (Å²) >= 11 is 0. The molecule has 0 radical (unpaired) electrons. The van der Waals surface area contributed by atoms with Crippen LogP contribution in [0.3, 0.4) is 0 Å². The van der Waals surface area contributed by atoms with Gasteiger partial charge in [0.1, 0.15) is 12.4 Å². The molecule has 2 N–H and O–H groups in total. The van der Waals surface area contributed by atoms with E-state index in [0.717, 1.165) is 35.7 Å². The smallest absolute Gasteiger partial charge is 0.274 e. The van der Waals surface area contributed by atoms with Crippen molar-refractivity contribution in [1.82, 2.24) is 14.9 Å². The number of nitrogens with zero attached hydrogens (tertiary/aromatic N) is 2. The van der Waals surface area contributed by atoms with Gasteiger partial charge in [-0.25, -0.2) is 5.48 Å². The first-order valence-electron chi connectivity index (χ1n) is 13.1. The number of rotatable bonds is 14. The van der Waals surface area contributed by atoms with Gasteiger partial charge in [0.2, 0.25) is 0 Å². The highest BCUT2D eigenvalue weighted by atomic mass is 16.5. The molecule has 188 valence electrons. The standard InChI is InChI=1S/C29H39N3O3/c1-31(16-5-3-2-4-8-23-9-6-10-23)22-24-11-7-12-27(20-24)35-19-18-32-17-15-25-13-14-26(21-28(25)32)29(33)30-34/h7,11-15,17,20-21,23,34H,2-6,8-10,16,18-19,22H2,1H3,(H,30,33). The number of hydrogen-bond acceptors (Lipinski definition) is 4. The van der Waals surface area contributed by atoms with E-state index in [1.54, 1.807) is 17.6 Å². The summed E-state index contributed by atoms with van der Waals surface area (Å²) in [5.41, 5.74) is 4.32. The zero-order chi connectivity index (χ0) is 24.5. The van der Waals surface area contributed by atoms with E-state index in [-0.39, 0.29) is 0 Å². The molecule has 1 amide bonds. The van der Waals surface area contributed by atoms with Crippen LogP contribution in [0.15, 0.2) is 54.7 Å². The number of amides is 1. The van der Waals surface area contributed by atoms with Crippen LogP contribution in [-0.4, -0.2) is 40.8 Å².